The zero-order chi connectivity index (χ0) is 21.4. The molecule has 0 aromatic carbocycles. The highest BCUT2D eigenvalue weighted by atomic mass is 16.6. The number of ether oxygens (including phenoxy) is 2. The average Bonchev–Trinajstić information content (AvgIpc) is 2.51. The van der Waals surface area contributed by atoms with Gasteiger partial charge in [-0.05, 0) is 54.4 Å². The number of nitrogens with zero attached hydrogens (tertiary/aromatic N) is 2. The summed E-state index contributed by atoms with van der Waals surface area (Å²) in [6.07, 6.45) is 6.23. The van der Waals surface area contributed by atoms with Crippen LogP contribution in [0.4, 0.5) is 9.59 Å². The van der Waals surface area contributed by atoms with Crippen LogP contribution in [0.25, 0.3) is 0 Å². The van der Waals surface area contributed by atoms with Gasteiger partial charge < -0.3 is 19.7 Å². The van der Waals surface area contributed by atoms with Gasteiger partial charge in [-0.1, -0.05) is 0 Å². The highest BCUT2D eigenvalue weighted by Crippen LogP contribution is 2.13. The van der Waals surface area contributed by atoms with Crippen molar-refractivity contribution in [1.82, 2.24) is 15.5 Å². The maximum Gasteiger partial charge on any atom is 0.437 e. The molecule has 1 heterocycles. The van der Waals surface area contributed by atoms with Crippen LogP contribution in [-0.2, 0) is 9.47 Å². The predicted octanol–water partition coefficient (Wildman–Crippen LogP) is 2.88. The van der Waals surface area contributed by atoms with Crippen LogP contribution in [0.1, 0.15) is 60.8 Å². The monoisotopic (exact) mass is 394 g/mol. The van der Waals surface area contributed by atoms with Crippen LogP contribution in [0, 0.1) is 12.3 Å². The fourth-order valence-electron chi connectivity index (χ4n) is 2.59. The minimum absolute atomic E-state index is 0.144. The number of aliphatic imine (C=N–C) groups is 1. The van der Waals surface area contributed by atoms with Gasteiger partial charge in [-0.3, -0.25) is 5.32 Å². The second-order valence-electron chi connectivity index (χ2n) is 8.71. The van der Waals surface area contributed by atoms with E-state index in [4.69, 9.17) is 15.9 Å². The van der Waals surface area contributed by atoms with E-state index in [0.29, 0.717) is 25.6 Å². The summed E-state index contributed by atoms with van der Waals surface area (Å²) in [6.45, 7) is 12.6. The largest absolute Gasteiger partial charge is 0.444 e. The third kappa shape index (κ3) is 10.2. The molecule has 2 amide bonds. The van der Waals surface area contributed by atoms with Crippen LogP contribution >= 0.6 is 0 Å². The van der Waals surface area contributed by atoms with Crippen molar-refractivity contribution in [3.8, 4) is 12.3 Å². The van der Waals surface area contributed by atoms with Gasteiger partial charge in [0.15, 0.2) is 0 Å². The van der Waals surface area contributed by atoms with E-state index in [-0.39, 0.29) is 5.96 Å². The lowest BCUT2D eigenvalue weighted by Gasteiger charge is -2.34. The third-order valence-electron chi connectivity index (χ3n) is 3.70. The molecule has 0 atom stereocenters. The molecular weight excluding hydrogens is 360 g/mol. The molecule has 28 heavy (non-hydrogen) atoms. The highest BCUT2D eigenvalue weighted by molar-refractivity contribution is 5.98. The molecule has 1 aliphatic rings. The Hall–Kier alpha value is -2.27. The number of rotatable bonds is 3. The topological polar surface area (TPSA) is 92.3 Å². The quantitative estimate of drug-likeness (QED) is 0.331. The number of hydrogen-bond acceptors (Lipinski definition) is 5. The number of carbonyl (C=O) groups excluding carboxylic acids is 2. The van der Waals surface area contributed by atoms with Gasteiger partial charge in [-0.25, -0.2) is 9.59 Å². The van der Waals surface area contributed by atoms with Gasteiger partial charge in [0.05, 0.1) is 0 Å². The third-order valence-corrected chi connectivity index (χ3v) is 3.70. The number of likely N-dealkylation sites (tertiary alicyclic amines) is 1. The van der Waals surface area contributed by atoms with Crippen molar-refractivity contribution >= 4 is 18.1 Å². The molecule has 1 aliphatic heterocycles. The average molecular weight is 395 g/mol. The first-order chi connectivity index (χ1) is 12.9. The standard InChI is InChI=1S/C20H34N4O4/c1-8-9-12-21-15-10-13-24(14-11-15)16(22-17(25)27-19(2,3)4)23-18(26)28-20(5,6)7/h1,15,21H,9-14H2,2-7H3,(H,22,23,25,26). The van der Waals surface area contributed by atoms with E-state index in [0.717, 1.165) is 19.4 Å². The molecule has 0 bridgehead atoms. The maximum absolute atomic E-state index is 12.2. The zero-order valence-electron chi connectivity index (χ0n) is 17.9. The fraction of sp³-hybridized carbons (Fsp3) is 0.750. The van der Waals surface area contributed by atoms with Crippen LogP contribution in [0.15, 0.2) is 4.99 Å². The first kappa shape index (κ1) is 23.8. The summed E-state index contributed by atoms with van der Waals surface area (Å²) in [7, 11) is 0. The first-order valence-corrected chi connectivity index (χ1v) is 9.63. The Labute approximate surface area is 168 Å². The van der Waals surface area contributed by atoms with Crippen molar-refractivity contribution in [3.05, 3.63) is 0 Å². The summed E-state index contributed by atoms with van der Waals surface area (Å²) in [5.74, 6) is 2.75. The number of piperidine rings is 1. The second kappa shape index (κ2) is 10.3. The Balaban J connectivity index is 2.80. The van der Waals surface area contributed by atoms with E-state index in [1.54, 1.807) is 41.5 Å². The summed E-state index contributed by atoms with van der Waals surface area (Å²) in [6, 6.07) is 0.342. The molecule has 1 rings (SSSR count). The number of terminal acetylenes is 1. The summed E-state index contributed by atoms with van der Waals surface area (Å²) in [5.41, 5.74) is -1.33. The van der Waals surface area contributed by atoms with Gasteiger partial charge in [0.1, 0.15) is 11.2 Å². The second-order valence-corrected chi connectivity index (χ2v) is 8.71. The summed E-state index contributed by atoms with van der Waals surface area (Å²) in [4.78, 5) is 30.2. The molecule has 0 aromatic rings. The van der Waals surface area contributed by atoms with Crippen molar-refractivity contribution in [2.24, 2.45) is 4.99 Å². The Morgan fingerprint density at radius 2 is 1.68 bits per heavy atom. The lowest BCUT2D eigenvalue weighted by atomic mass is 10.1. The minimum atomic E-state index is -0.757. The van der Waals surface area contributed by atoms with E-state index < -0.39 is 23.4 Å². The minimum Gasteiger partial charge on any atom is -0.444 e. The van der Waals surface area contributed by atoms with Crippen molar-refractivity contribution in [3.63, 3.8) is 0 Å². The molecule has 0 radical (unpaired) electrons. The van der Waals surface area contributed by atoms with Crippen LogP contribution in [0.2, 0.25) is 0 Å². The molecule has 8 nitrogen and oxygen atoms in total. The first-order valence-electron chi connectivity index (χ1n) is 9.63. The molecule has 0 unspecified atom stereocenters. The summed E-state index contributed by atoms with van der Waals surface area (Å²) in [5, 5.41) is 6.01. The van der Waals surface area contributed by atoms with Gasteiger partial charge in [0.25, 0.3) is 0 Å². The molecule has 1 fully saturated rings. The van der Waals surface area contributed by atoms with Gasteiger partial charge in [0.2, 0.25) is 5.96 Å². The molecule has 0 spiro atoms. The van der Waals surface area contributed by atoms with E-state index in [1.165, 1.54) is 0 Å². The van der Waals surface area contributed by atoms with Crippen LogP contribution in [0.5, 0.6) is 0 Å². The summed E-state index contributed by atoms with van der Waals surface area (Å²) >= 11 is 0. The van der Waals surface area contributed by atoms with Crippen molar-refractivity contribution in [2.45, 2.75) is 78.0 Å². The molecule has 0 aliphatic carbocycles. The van der Waals surface area contributed by atoms with E-state index in [1.807, 2.05) is 4.90 Å². The molecule has 0 aromatic heterocycles. The number of amides is 2. The van der Waals surface area contributed by atoms with Gasteiger partial charge in [-0.2, -0.15) is 0 Å². The normalized spacial score (nSPS) is 16.3. The predicted molar refractivity (Wildman–Crippen MR) is 109 cm³/mol. The van der Waals surface area contributed by atoms with E-state index in [9.17, 15) is 9.59 Å². The Morgan fingerprint density at radius 3 is 2.18 bits per heavy atom. The number of guanidine groups is 1. The van der Waals surface area contributed by atoms with Gasteiger partial charge in [0, 0.05) is 32.1 Å². The zero-order valence-corrected chi connectivity index (χ0v) is 17.9. The smallest absolute Gasteiger partial charge is 0.437 e. The molecule has 158 valence electrons. The maximum atomic E-state index is 12.2. The molecule has 8 heteroatoms. The number of alkyl carbamates (subject to hydrolysis) is 1. The van der Waals surface area contributed by atoms with Crippen molar-refractivity contribution in [1.29, 1.82) is 0 Å². The van der Waals surface area contributed by atoms with Gasteiger partial charge in [-0.15, -0.1) is 17.3 Å². The van der Waals surface area contributed by atoms with Crippen LogP contribution < -0.4 is 10.6 Å². The van der Waals surface area contributed by atoms with E-state index in [2.05, 4.69) is 21.5 Å². The Bertz CT molecular complexity index is 603. The van der Waals surface area contributed by atoms with Crippen molar-refractivity contribution in [2.75, 3.05) is 19.6 Å². The SMILES string of the molecule is C#CCCNC1CCN(C(=NC(=O)OC(C)(C)C)NC(=O)OC(C)(C)C)CC1. The lowest BCUT2D eigenvalue weighted by molar-refractivity contribution is 0.0553. The lowest BCUT2D eigenvalue weighted by Crippen LogP contribution is -2.51. The van der Waals surface area contributed by atoms with Crippen LogP contribution in [-0.4, -0.2) is 59.9 Å². The van der Waals surface area contributed by atoms with E-state index >= 15 is 0 Å². The number of hydrogen-bond donors (Lipinski definition) is 2. The number of nitrogens with one attached hydrogen (secondary N) is 2. The van der Waals surface area contributed by atoms with Gasteiger partial charge >= 0.3 is 12.2 Å². The van der Waals surface area contributed by atoms with Crippen molar-refractivity contribution < 1.29 is 19.1 Å². The molecule has 2 N–H and O–H groups in total. The summed E-state index contributed by atoms with van der Waals surface area (Å²) < 4.78 is 10.5. The Kier molecular flexibility index (Phi) is 8.76. The number of carbonyl (C=O) groups is 2. The molecule has 1 saturated heterocycles. The fourth-order valence-corrected chi connectivity index (χ4v) is 2.59. The van der Waals surface area contributed by atoms with Crippen LogP contribution in [0.3, 0.4) is 0 Å². The highest BCUT2D eigenvalue weighted by Gasteiger charge is 2.26. The molecule has 0 saturated carbocycles. The molecular formula is C20H34N4O4. The Morgan fingerprint density at radius 1 is 1.11 bits per heavy atom.